The zero-order valence-electron chi connectivity index (χ0n) is 6.00. The van der Waals surface area contributed by atoms with Crippen molar-refractivity contribution >= 4 is 17.7 Å². The summed E-state index contributed by atoms with van der Waals surface area (Å²) in [5.74, 6) is 0. The summed E-state index contributed by atoms with van der Waals surface area (Å²) in [6.07, 6.45) is 2.00. The Kier molecular flexibility index (Phi) is 2.11. The maximum atomic E-state index is 10.00. The van der Waals surface area contributed by atoms with Gasteiger partial charge >= 0.3 is 0 Å². The molecule has 3 heteroatoms. The Morgan fingerprint density at radius 1 is 1.36 bits per heavy atom. The molecular formula is C8H9N2O. The van der Waals surface area contributed by atoms with Crippen LogP contribution in [-0.2, 0) is 11.2 Å². The molecule has 1 aromatic rings. The van der Waals surface area contributed by atoms with Crippen molar-refractivity contribution in [1.82, 2.24) is 0 Å². The van der Waals surface area contributed by atoms with Gasteiger partial charge in [0.25, 0.3) is 0 Å². The lowest BCUT2D eigenvalue weighted by Crippen LogP contribution is -1.96. The van der Waals surface area contributed by atoms with Crippen LogP contribution in [0, 0.1) is 0 Å². The number of hydrogen-bond donors (Lipinski definition) is 2. The summed E-state index contributed by atoms with van der Waals surface area (Å²) in [6, 6.07) is 5.07. The van der Waals surface area contributed by atoms with E-state index in [0.29, 0.717) is 11.4 Å². The average molecular weight is 149 g/mol. The van der Waals surface area contributed by atoms with Gasteiger partial charge in [0.2, 0.25) is 6.29 Å². The molecule has 1 rings (SSSR count). The number of hydrogen-bond acceptors (Lipinski definition) is 3. The molecule has 1 radical (unpaired) electrons. The van der Waals surface area contributed by atoms with Crippen molar-refractivity contribution in [2.75, 3.05) is 11.5 Å². The van der Waals surface area contributed by atoms with E-state index in [9.17, 15) is 4.79 Å². The third-order valence-electron chi connectivity index (χ3n) is 1.43. The smallest absolute Gasteiger partial charge is 0.203 e. The number of carbonyl (C=O) groups excluding carboxylic acids is 1. The van der Waals surface area contributed by atoms with Crippen molar-refractivity contribution < 1.29 is 4.79 Å². The molecule has 3 nitrogen and oxygen atoms in total. The predicted octanol–water partition coefficient (Wildman–Crippen LogP) is 0.503. The highest BCUT2D eigenvalue weighted by Crippen LogP contribution is 2.14. The molecule has 4 N–H and O–H groups in total. The van der Waals surface area contributed by atoms with Crippen molar-refractivity contribution in [1.29, 1.82) is 0 Å². The highest BCUT2D eigenvalue weighted by atomic mass is 16.1. The summed E-state index contributed by atoms with van der Waals surface area (Å²) in [4.78, 5) is 10.00. The Labute approximate surface area is 65.0 Å². The van der Waals surface area contributed by atoms with E-state index in [-0.39, 0.29) is 6.42 Å². The van der Waals surface area contributed by atoms with Gasteiger partial charge in [0.05, 0.1) is 0 Å². The molecule has 0 aromatic heterocycles. The van der Waals surface area contributed by atoms with Crippen LogP contribution < -0.4 is 11.5 Å². The molecule has 0 heterocycles. The lowest BCUT2D eigenvalue weighted by atomic mass is 10.1. The third-order valence-corrected chi connectivity index (χ3v) is 1.43. The van der Waals surface area contributed by atoms with Gasteiger partial charge < -0.3 is 11.5 Å². The lowest BCUT2D eigenvalue weighted by molar-refractivity contribution is 0.555. The fourth-order valence-corrected chi connectivity index (χ4v) is 0.852. The van der Waals surface area contributed by atoms with E-state index in [2.05, 4.69) is 0 Å². The maximum absolute atomic E-state index is 10.00. The lowest BCUT2D eigenvalue weighted by Gasteiger charge is -2.01. The van der Waals surface area contributed by atoms with Crippen LogP contribution in [0.25, 0.3) is 0 Å². The first kappa shape index (κ1) is 7.60. The predicted molar refractivity (Wildman–Crippen MR) is 44.7 cm³/mol. The molecule has 0 aliphatic rings. The van der Waals surface area contributed by atoms with E-state index >= 15 is 0 Å². The van der Waals surface area contributed by atoms with Crippen molar-refractivity contribution in [2.45, 2.75) is 6.42 Å². The number of benzene rings is 1. The largest absolute Gasteiger partial charge is 0.399 e. The topological polar surface area (TPSA) is 69.1 Å². The Bertz CT molecular complexity index is 271. The van der Waals surface area contributed by atoms with E-state index in [1.165, 1.54) is 0 Å². The summed E-state index contributed by atoms with van der Waals surface area (Å²) >= 11 is 0. The molecule has 1 aromatic carbocycles. The van der Waals surface area contributed by atoms with Crippen LogP contribution in [0.3, 0.4) is 0 Å². The van der Waals surface area contributed by atoms with Crippen LogP contribution >= 0.6 is 0 Å². The Morgan fingerprint density at radius 2 is 2.09 bits per heavy atom. The van der Waals surface area contributed by atoms with Gasteiger partial charge in [0, 0.05) is 17.8 Å². The Hall–Kier alpha value is -1.51. The molecule has 57 valence electrons. The van der Waals surface area contributed by atoms with Crippen LogP contribution in [0.1, 0.15) is 5.56 Å². The molecule has 0 atom stereocenters. The second kappa shape index (κ2) is 3.05. The van der Waals surface area contributed by atoms with Crippen LogP contribution in [0.15, 0.2) is 18.2 Å². The molecule has 0 unspecified atom stereocenters. The molecule has 0 saturated carbocycles. The normalized spacial score (nSPS) is 9.45. The van der Waals surface area contributed by atoms with E-state index < -0.39 is 0 Å². The molecule has 0 saturated heterocycles. The minimum absolute atomic E-state index is 0.228. The van der Waals surface area contributed by atoms with Gasteiger partial charge in [0.15, 0.2) is 0 Å². The highest BCUT2D eigenvalue weighted by Gasteiger charge is 1.97. The van der Waals surface area contributed by atoms with Gasteiger partial charge in [-0.05, 0) is 17.7 Å². The quantitative estimate of drug-likeness (QED) is 0.602. The monoisotopic (exact) mass is 149 g/mol. The van der Waals surface area contributed by atoms with Crippen molar-refractivity contribution in [3.63, 3.8) is 0 Å². The molecular weight excluding hydrogens is 140 g/mol. The van der Waals surface area contributed by atoms with Crippen LogP contribution in [-0.4, -0.2) is 6.29 Å². The van der Waals surface area contributed by atoms with Crippen LogP contribution in [0.2, 0.25) is 0 Å². The van der Waals surface area contributed by atoms with Gasteiger partial charge in [0.1, 0.15) is 0 Å². The van der Waals surface area contributed by atoms with Gasteiger partial charge in [-0.25, -0.2) is 0 Å². The van der Waals surface area contributed by atoms with Gasteiger partial charge in [-0.15, -0.1) is 0 Å². The Morgan fingerprint density at radius 3 is 2.64 bits per heavy atom. The van der Waals surface area contributed by atoms with Crippen LogP contribution in [0.5, 0.6) is 0 Å². The van der Waals surface area contributed by atoms with Crippen molar-refractivity contribution in [2.24, 2.45) is 0 Å². The van der Waals surface area contributed by atoms with Gasteiger partial charge in [-0.2, -0.15) is 0 Å². The second-order valence-electron chi connectivity index (χ2n) is 2.28. The number of rotatable bonds is 2. The molecule has 0 aliphatic heterocycles. The molecule has 0 aliphatic carbocycles. The summed E-state index contributed by atoms with van der Waals surface area (Å²) in [6.45, 7) is 0. The first-order valence-electron chi connectivity index (χ1n) is 3.23. The van der Waals surface area contributed by atoms with E-state index in [4.69, 9.17) is 11.5 Å². The van der Waals surface area contributed by atoms with Crippen molar-refractivity contribution in [3.05, 3.63) is 23.8 Å². The summed E-state index contributed by atoms with van der Waals surface area (Å²) in [5.41, 5.74) is 12.9. The molecule has 0 fully saturated rings. The van der Waals surface area contributed by atoms with E-state index in [1.807, 2.05) is 0 Å². The molecule has 11 heavy (non-hydrogen) atoms. The minimum Gasteiger partial charge on any atom is -0.399 e. The fourth-order valence-electron chi connectivity index (χ4n) is 0.852. The first-order chi connectivity index (χ1) is 5.24. The Balaban J connectivity index is 2.98. The molecule has 0 spiro atoms. The standard InChI is InChI=1S/C8H9N2O/c9-7-2-1-6(3-4-11)8(10)5-7/h1-2,5H,3,9-10H2. The molecule has 0 bridgehead atoms. The third kappa shape index (κ3) is 1.70. The SMILES string of the molecule is Nc1ccc(C[C]=O)c(N)c1. The second-order valence-corrected chi connectivity index (χ2v) is 2.28. The van der Waals surface area contributed by atoms with Gasteiger partial charge in [-0.1, -0.05) is 6.07 Å². The number of nitrogen functional groups attached to an aromatic ring is 2. The number of nitrogens with two attached hydrogens (primary N) is 2. The minimum atomic E-state index is 0.228. The summed E-state index contributed by atoms with van der Waals surface area (Å²) in [7, 11) is 0. The van der Waals surface area contributed by atoms with E-state index in [1.54, 1.807) is 24.5 Å². The summed E-state index contributed by atoms with van der Waals surface area (Å²) < 4.78 is 0. The number of anilines is 2. The fraction of sp³-hybridized carbons (Fsp3) is 0.125. The van der Waals surface area contributed by atoms with Crippen molar-refractivity contribution in [3.8, 4) is 0 Å². The molecule has 0 amide bonds. The van der Waals surface area contributed by atoms with Gasteiger partial charge in [-0.3, -0.25) is 4.79 Å². The van der Waals surface area contributed by atoms with Crippen LogP contribution in [0.4, 0.5) is 11.4 Å². The zero-order valence-corrected chi connectivity index (χ0v) is 6.00. The highest BCUT2D eigenvalue weighted by molar-refractivity contribution is 5.64. The maximum Gasteiger partial charge on any atom is 0.203 e. The van der Waals surface area contributed by atoms with E-state index in [0.717, 1.165) is 5.56 Å². The first-order valence-corrected chi connectivity index (χ1v) is 3.23. The summed E-state index contributed by atoms with van der Waals surface area (Å²) in [5, 5.41) is 0. The zero-order chi connectivity index (χ0) is 8.27. The average Bonchev–Trinajstić information content (AvgIpc) is 1.95.